The Hall–Kier alpha value is -2.69. The van der Waals surface area contributed by atoms with E-state index in [0.717, 1.165) is 37.8 Å². The zero-order chi connectivity index (χ0) is 24.3. The summed E-state index contributed by atoms with van der Waals surface area (Å²) >= 11 is 0. The van der Waals surface area contributed by atoms with Gasteiger partial charge in [-0.1, -0.05) is 24.6 Å². The van der Waals surface area contributed by atoms with Gasteiger partial charge >= 0.3 is 5.97 Å². The lowest BCUT2D eigenvalue weighted by Gasteiger charge is -2.52. The van der Waals surface area contributed by atoms with Gasteiger partial charge in [0.1, 0.15) is 0 Å². The largest absolute Gasteiger partial charge is 0.451 e. The molecule has 180 valence electrons. The molecule has 34 heavy (non-hydrogen) atoms. The number of hydrogen-bond acceptors (Lipinski definition) is 5. The number of hydrogen-bond donors (Lipinski definition) is 1. The molecule has 5 rings (SSSR count). The molecule has 5 heteroatoms. The molecule has 1 aromatic carbocycles. The highest BCUT2D eigenvalue weighted by atomic mass is 16.6. The molecule has 0 radical (unpaired) electrons. The van der Waals surface area contributed by atoms with Crippen LogP contribution in [0.4, 0.5) is 5.69 Å². The van der Waals surface area contributed by atoms with Crippen molar-refractivity contribution in [1.29, 1.82) is 0 Å². The Morgan fingerprint density at radius 1 is 1.06 bits per heavy atom. The molecule has 0 aliphatic heterocycles. The second kappa shape index (κ2) is 8.21. The molecule has 5 nitrogen and oxygen atoms in total. The topological polar surface area (TPSA) is 72.5 Å². The first kappa shape index (κ1) is 23.1. The fraction of sp³-hybridized carbons (Fsp3) is 0.552. The maximum absolute atomic E-state index is 12.9. The summed E-state index contributed by atoms with van der Waals surface area (Å²) in [7, 11) is 1.91. The Morgan fingerprint density at radius 2 is 1.79 bits per heavy atom. The van der Waals surface area contributed by atoms with Crippen molar-refractivity contribution in [2.45, 2.75) is 77.2 Å². The van der Waals surface area contributed by atoms with Crippen LogP contribution < -0.4 is 5.32 Å². The number of fused-ring (bicyclic) bond motifs is 4. The summed E-state index contributed by atoms with van der Waals surface area (Å²) in [4.78, 5) is 37.7. The van der Waals surface area contributed by atoms with Crippen molar-refractivity contribution in [3.05, 3.63) is 52.6 Å². The third-order valence-electron chi connectivity index (χ3n) is 9.39. The number of Topliss-reactive ketones (excluding diaryl/α,β-unsaturated/α-hetero) is 1. The smallest absolute Gasteiger partial charge is 0.303 e. The van der Waals surface area contributed by atoms with Crippen LogP contribution in [0.1, 0.15) is 77.2 Å². The molecule has 0 amide bonds. The number of allylic oxidation sites excluding steroid dienone is 4. The van der Waals surface area contributed by atoms with Gasteiger partial charge in [0.2, 0.25) is 0 Å². The van der Waals surface area contributed by atoms with Gasteiger partial charge in [0.05, 0.1) is 0 Å². The van der Waals surface area contributed by atoms with Crippen LogP contribution in [0.5, 0.6) is 0 Å². The van der Waals surface area contributed by atoms with Gasteiger partial charge in [0, 0.05) is 37.4 Å². The summed E-state index contributed by atoms with van der Waals surface area (Å²) < 4.78 is 5.88. The predicted octanol–water partition coefficient (Wildman–Crippen LogP) is 5.52. The molecule has 0 aromatic heterocycles. The average molecular weight is 462 g/mol. The highest BCUT2D eigenvalue weighted by molar-refractivity contribution is 5.94. The van der Waals surface area contributed by atoms with Crippen LogP contribution in [0.3, 0.4) is 0 Å². The van der Waals surface area contributed by atoms with Gasteiger partial charge in [-0.3, -0.25) is 14.4 Å². The van der Waals surface area contributed by atoms with Gasteiger partial charge in [-0.15, -0.1) is 0 Å². The number of nitrogens with one attached hydrogen (secondary N) is 1. The lowest BCUT2D eigenvalue weighted by Crippen LogP contribution is -2.56. The van der Waals surface area contributed by atoms with E-state index in [-0.39, 0.29) is 28.9 Å². The van der Waals surface area contributed by atoms with Crippen molar-refractivity contribution in [3.63, 3.8) is 0 Å². The summed E-state index contributed by atoms with van der Waals surface area (Å²) in [5, 5.41) is 3.17. The van der Waals surface area contributed by atoms with E-state index in [0.29, 0.717) is 24.7 Å². The number of ether oxygens (including phenoxy) is 1. The Labute approximate surface area is 202 Å². The third kappa shape index (κ3) is 3.30. The molecule has 2 saturated carbocycles. The van der Waals surface area contributed by atoms with E-state index in [2.05, 4.69) is 36.5 Å². The predicted molar refractivity (Wildman–Crippen MR) is 131 cm³/mol. The van der Waals surface area contributed by atoms with E-state index in [1.54, 1.807) is 6.92 Å². The van der Waals surface area contributed by atoms with E-state index in [9.17, 15) is 14.4 Å². The van der Waals surface area contributed by atoms with Crippen LogP contribution in [0, 0.1) is 17.3 Å². The maximum atomic E-state index is 12.9. The van der Waals surface area contributed by atoms with E-state index in [4.69, 9.17) is 4.74 Å². The minimum absolute atomic E-state index is 0.0223. The second-order valence-corrected chi connectivity index (χ2v) is 10.9. The Bertz CT molecular complexity index is 1110. The van der Waals surface area contributed by atoms with Crippen LogP contribution >= 0.6 is 0 Å². The van der Waals surface area contributed by atoms with Gasteiger partial charge < -0.3 is 10.1 Å². The molecule has 1 N–H and O–H groups in total. The third-order valence-corrected chi connectivity index (χ3v) is 9.39. The Kier molecular flexibility index (Phi) is 5.57. The summed E-state index contributed by atoms with van der Waals surface area (Å²) in [6.45, 7) is 5.18. The maximum Gasteiger partial charge on any atom is 0.303 e. The minimum atomic E-state index is -1.01. The van der Waals surface area contributed by atoms with Gasteiger partial charge in [-0.2, -0.15) is 0 Å². The molecular formula is C29H35NO4. The molecule has 4 aliphatic carbocycles. The minimum Gasteiger partial charge on any atom is -0.451 e. The van der Waals surface area contributed by atoms with Crippen molar-refractivity contribution in [2.75, 3.05) is 12.4 Å². The highest BCUT2D eigenvalue weighted by Gasteiger charge is 2.65. The molecule has 0 bridgehead atoms. The average Bonchev–Trinajstić information content (AvgIpc) is 3.11. The fourth-order valence-corrected chi connectivity index (χ4v) is 7.86. The van der Waals surface area contributed by atoms with Crippen molar-refractivity contribution in [3.8, 4) is 0 Å². The summed E-state index contributed by atoms with van der Waals surface area (Å²) in [5.41, 5.74) is 4.96. The van der Waals surface area contributed by atoms with Gasteiger partial charge in [0.15, 0.2) is 17.2 Å². The Balaban J connectivity index is 1.58. The lowest BCUT2D eigenvalue weighted by atomic mass is 9.53. The van der Waals surface area contributed by atoms with Crippen LogP contribution in [-0.2, 0) is 19.1 Å². The van der Waals surface area contributed by atoms with E-state index in [1.165, 1.54) is 29.2 Å². The van der Waals surface area contributed by atoms with Gasteiger partial charge in [-0.05, 0) is 92.2 Å². The Morgan fingerprint density at radius 3 is 2.44 bits per heavy atom. The zero-order valence-electron chi connectivity index (χ0n) is 20.7. The number of ketones is 2. The van der Waals surface area contributed by atoms with Crippen LogP contribution in [0.15, 0.2) is 47.1 Å². The van der Waals surface area contributed by atoms with Crippen molar-refractivity contribution >= 4 is 23.2 Å². The molecule has 1 aromatic rings. The summed E-state index contributed by atoms with van der Waals surface area (Å²) in [6, 6.07) is 8.46. The molecule has 2 fully saturated rings. The van der Waals surface area contributed by atoms with Gasteiger partial charge in [0.25, 0.3) is 0 Å². The number of carbonyl (C=O) groups is 3. The molecule has 5 atom stereocenters. The summed E-state index contributed by atoms with van der Waals surface area (Å²) in [5.74, 6) is 0.589. The van der Waals surface area contributed by atoms with Crippen LogP contribution in [0.25, 0.3) is 0 Å². The molecule has 0 heterocycles. The standard InChI is InChI=1S/C29H35NO4/c1-17(31)29(34-18(2)32)14-12-26-23-10-7-20-15-22(33)16-25(19-5-8-21(30-4)9-6-19)27(20)24(23)11-13-28(26,29)3/h5-6,8-9,15,23,25-26,30H,7,10-14,16H2,1-4H3/t23-,25?,26+,28+,29+/m1/s1. The number of esters is 1. The van der Waals surface area contributed by atoms with Crippen molar-refractivity contribution in [1.82, 2.24) is 0 Å². The van der Waals surface area contributed by atoms with Crippen molar-refractivity contribution in [2.24, 2.45) is 17.3 Å². The van der Waals surface area contributed by atoms with E-state index >= 15 is 0 Å². The molecule has 0 spiro atoms. The quantitative estimate of drug-likeness (QED) is 0.598. The zero-order valence-corrected chi connectivity index (χ0v) is 20.7. The number of benzene rings is 1. The molecule has 4 aliphatic rings. The first-order valence-corrected chi connectivity index (χ1v) is 12.6. The number of carbonyl (C=O) groups excluding carboxylic acids is 3. The normalized spacial score (nSPS) is 34.5. The lowest BCUT2D eigenvalue weighted by molar-refractivity contribution is -0.181. The van der Waals surface area contributed by atoms with Crippen molar-refractivity contribution < 1.29 is 19.1 Å². The summed E-state index contributed by atoms with van der Waals surface area (Å²) in [6.07, 6.45) is 7.51. The van der Waals surface area contributed by atoms with E-state index < -0.39 is 5.60 Å². The van der Waals surface area contributed by atoms with Crippen LogP contribution in [0.2, 0.25) is 0 Å². The van der Waals surface area contributed by atoms with Gasteiger partial charge in [-0.25, -0.2) is 0 Å². The first-order chi connectivity index (χ1) is 16.2. The number of rotatable bonds is 4. The SMILES string of the molecule is CNc1ccc(C2CC(=O)C=C3CC[C@@H]4C(=C32)CC[C@@]2(C)[C@H]4CC[C@]2(OC(C)=O)C(C)=O)cc1. The molecular weight excluding hydrogens is 426 g/mol. The second-order valence-electron chi connectivity index (χ2n) is 10.9. The van der Waals surface area contributed by atoms with E-state index in [1.807, 2.05) is 13.1 Å². The number of anilines is 1. The van der Waals surface area contributed by atoms with Crippen LogP contribution in [-0.4, -0.2) is 30.2 Å². The highest BCUT2D eigenvalue weighted by Crippen LogP contribution is 2.65. The first-order valence-electron chi connectivity index (χ1n) is 12.6. The monoisotopic (exact) mass is 461 g/mol. The molecule has 0 saturated heterocycles. The fourth-order valence-electron chi connectivity index (χ4n) is 7.86. The molecule has 1 unspecified atom stereocenters.